The van der Waals surface area contributed by atoms with Crippen LogP contribution < -0.4 is 5.73 Å². The molecule has 98 valence electrons. The van der Waals surface area contributed by atoms with Crippen molar-refractivity contribution in [3.8, 4) is 0 Å². The van der Waals surface area contributed by atoms with Crippen molar-refractivity contribution in [2.75, 3.05) is 13.6 Å². The van der Waals surface area contributed by atoms with Crippen molar-refractivity contribution >= 4 is 0 Å². The summed E-state index contributed by atoms with van der Waals surface area (Å²) >= 11 is 0. The van der Waals surface area contributed by atoms with E-state index in [1.807, 2.05) is 0 Å². The third-order valence-corrected chi connectivity index (χ3v) is 4.03. The molecule has 0 aliphatic carbocycles. The van der Waals surface area contributed by atoms with E-state index < -0.39 is 0 Å². The summed E-state index contributed by atoms with van der Waals surface area (Å²) in [5.41, 5.74) is 6.26. The predicted molar refractivity (Wildman–Crippen MR) is 73.6 cm³/mol. The molecule has 0 bridgehead atoms. The second-order valence-corrected chi connectivity index (χ2v) is 6.28. The normalized spacial score (nSPS) is 18.6. The lowest BCUT2D eigenvalue weighted by Crippen LogP contribution is -2.50. The maximum Gasteiger partial charge on any atom is 0.0243 e. The predicted octanol–water partition coefficient (Wildman–Crippen LogP) is 3.12. The molecule has 2 N–H and O–H groups in total. The molecule has 0 fully saturated rings. The van der Waals surface area contributed by atoms with E-state index in [0.29, 0.717) is 23.4 Å². The quantitative estimate of drug-likeness (QED) is 0.757. The molecule has 3 atom stereocenters. The Morgan fingerprint density at radius 2 is 1.69 bits per heavy atom. The molecule has 2 heteroatoms. The van der Waals surface area contributed by atoms with Crippen LogP contribution >= 0.6 is 0 Å². The number of rotatable bonds is 6. The van der Waals surface area contributed by atoms with Crippen LogP contribution in [0, 0.1) is 11.3 Å². The third kappa shape index (κ3) is 4.42. The van der Waals surface area contributed by atoms with Gasteiger partial charge >= 0.3 is 0 Å². The molecule has 0 saturated carbocycles. The monoisotopic (exact) mass is 228 g/mol. The highest BCUT2D eigenvalue weighted by atomic mass is 15.2. The Labute approximate surface area is 103 Å². The third-order valence-electron chi connectivity index (χ3n) is 4.03. The van der Waals surface area contributed by atoms with E-state index in [2.05, 4.69) is 53.5 Å². The molecular formula is C14H32N2. The Bertz CT molecular complexity index is 184. The SMILES string of the molecule is CCCC(C)C(CN)N(C)C(C)C(C)(C)C. The first-order valence-electron chi connectivity index (χ1n) is 6.67. The summed E-state index contributed by atoms with van der Waals surface area (Å²) in [5.74, 6) is 0.685. The van der Waals surface area contributed by atoms with E-state index >= 15 is 0 Å². The smallest absolute Gasteiger partial charge is 0.0243 e. The van der Waals surface area contributed by atoms with Crippen molar-refractivity contribution < 1.29 is 0 Å². The van der Waals surface area contributed by atoms with Gasteiger partial charge in [0.1, 0.15) is 0 Å². The topological polar surface area (TPSA) is 29.3 Å². The molecule has 0 spiro atoms. The van der Waals surface area contributed by atoms with Crippen LogP contribution in [-0.4, -0.2) is 30.6 Å². The standard InChI is InChI=1S/C14H32N2/c1-8-9-11(2)13(10-15)16(7)12(3)14(4,5)6/h11-13H,8-10,15H2,1-7H3. The summed E-state index contributed by atoms with van der Waals surface area (Å²) in [6, 6.07) is 1.06. The van der Waals surface area contributed by atoms with Crippen LogP contribution in [0.2, 0.25) is 0 Å². The highest BCUT2D eigenvalue weighted by molar-refractivity contribution is 4.84. The molecule has 2 nitrogen and oxygen atoms in total. The van der Waals surface area contributed by atoms with E-state index in [1.165, 1.54) is 12.8 Å². The average Bonchev–Trinajstić information content (AvgIpc) is 2.16. The van der Waals surface area contributed by atoms with Gasteiger partial charge in [0.2, 0.25) is 0 Å². The Morgan fingerprint density at radius 1 is 1.19 bits per heavy atom. The molecule has 0 heterocycles. The van der Waals surface area contributed by atoms with Crippen LogP contribution in [0.1, 0.15) is 54.4 Å². The lowest BCUT2D eigenvalue weighted by molar-refractivity contribution is 0.0725. The molecule has 3 unspecified atom stereocenters. The summed E-state index contributed by atoms with van der Waals surface area (Å²) in [6.07, 6.45) is 2.51. The van der Waals surface area contributed by atoms with Gasteiger partial charge in [-0.2, -0.15) is 0 Å². The minimum atomic E-state index is 0.314. The van der Waals surface area contributed by atoms with Crippen LogP contribution in [0.15, 0.2) is 0 Å². The Kier molecular flexibility index (Phi) is 6.57. The maximum absolute atomic E-state index is 5.94. The number of hydrogen-bond donors (Lipinski definition) is 1. The molecule has 0 aromatic rings. The number of likely N-dealkylation sites (N-methyl/N-ethyl adjacent to an activating group) is 1. The molecule has 0 saturated heterocycles. The van der Waals surface area contributed by atoms with Gasteiger partial charge in [0.15, 0.2) is 0 Å². The molecular weight excluding hydrogens is 196 g/mol. The number of nitrogens with two attached hydrogens (primary N) is 1. The van der Waals surface area contributed by atoms with Crippen LogP contribution in [-0.2, 0) is 0 Å². The van der Waals surface area contributed by atoms with Crippen LogP contribution in [0.5, 0.6) is 0 Å². The second-order valence-electron chi connectivity index (χ2n) is 6.28. The van der Waals surface area contributed by atoms with E-state index in [4.69, 9.17) is 5.73 Å². The second kappa shape index (κ2) is 6.61. The zero-order valence-electron chi connectivity index (χ0n) is 12.4. The maximum atomic E-state index is 5.94. The highest BCUT2D eigenvalue weighted by Gasteiger charge is 2.30. The lowest BCUT2D eigenvalue weighted by atomic mass is 9.84. The molecule has 0 amide bonds. The summed E-state index contributed by atoms with van der Waals surface area (Å²) in [6.45, 7) is 14.5. The van der Waals surface area contributed by atoms with Crippen molar-refractivity contribution in [1.29, 1.82) is 0 Å². The molecule has 0 aliphatic heterocycles. The van der Waals surface area contributed by atoms with E-state index in [-0.39, 0.29) is 0 Å². The first kappa shape index (κ1) is 15.9. The fourth-order valence-electron chi connectivity index (χ4n) is 2.35. The molecule has 0 aromatic carbocycles. The van der Waals surface area contributed by atoms with E-state index in [9.17, 15) is 0 Å². The van der Waals surface area contributed by atoms with Crippen molar-refractivity contribution in [3.05, 3.63) is 0 Å². The molecule has 16 heavy (non-hydrogen) atoms. The van der Waals surface area contributed by atoms with Gasteiger partial charge in [0.25, 0.3) is 0 Å². The van der Waals surface area contributed by atoms with Crippen LogP contribution in [0.3, 0.4) is 0 Å². The summed E-state index contributed by atoms with van der Waals surface area (Å²) in [4.78, 5) is 2.47. The summed E-state index contributed by atoms with van der Waals surface area (Å²) in [7, 11) is 2.22. The fraction of sp³-hybridized carbons (Fsp3) is 1.00. The van der Waals surface area contributed by atoms with Gasteiger partial charge in [0, 0.05) is 18.6 Å². The van der Waals surface area contributed by atoms with Gasteiger partial charge in [-0.05, 0) is 31.7 Å². The largest absolute Gasteiger partial charge is 0.329 e. The Morgan fingerprint density at radius 3 is 2.00 bits per heavy atom. The minimum absolute atomic E-state index is 0.314. The molecule has 0 aromatic heterocycles. The Balaban J connectivity index is 4.58. The summed E-state index contributed by atoms with van der Waals surface area (Å²) in [5, 5.41) is 0. The van der Waals surface area contributed by atoms with Gasteiger partial charge in [-0.15, -0.1) is 0 Å². The average molecular weight is 228 g/mol. The van der Waals surface area contributed by atoms with Gasteiger partial charge in [-0.3, -0.25) is 4.90 Å². The van der Waals surface area contributed by atoms with Crippen molar-refractivity contribution in [3.63, 3.8) is 0 Å². The van der Waals surface area contributed by atoms with Crippen LogP contribution in [0.4, 0.5) is 0 Å². The van der Waals surface area contributed by atoms with Gasteiger partial charge in [0.05, 0.1) is 0 Å². The van der Waals surface area contributed by atoms with E-state index in [1.54, 1.807) is 0 Å². The van der Waals surface area contributed by atoms with Gasteiger partial charge in [-0.25, -0.2) is 0 Å². The van der Waals surface area contributed by atoms with Gasteiger partial charge < -0.3 is 5.73 Å². The minimum Gasteiger partial charge on any atom is -0.329 e. The van der Waals surface area contributed by atoms with Crippen LogP contribution in [0.25, 0.3) is 0 Å². The van der Waals surface area contributed by atoms with Gasteiger partial charge in [-0.1, -0.05) is 41.0 Å². The summed E-state index contributed by atoms with van der Waals surface area (Å²) < 4.78 is 0. The number of nitrogens with zero attached hydrogens (tertiary/aromatic N) is 1. The van der Waals surface area contributed by atoms with E-state index in [0.717, 1.165) is 6.54 Å². The van der Waals surface area contributed by atoms with Crippen molar-refractivity contribution in [2.45, 2.75) is 66.5 Å². The van der Waals surface area contributed by atoms with Crippen molar-refractivity contribution in [2.24, 2.45) is 17.1 Å². The first-order chi connectivity index (χ1) is 7.25. The lowest BCUT2D eigenvalue weighted by Gasteiger charge is -2.42. The fourth-order valence-corrected chi connectivity index (χ4v) is 2.35. The molecule has 0 rings (SSSR count). The first-order valence-corrected chi connectivity index (χ1v) is 6.67. The zero-order chi connectivity index (χ0) is 12.9. The molecule has 0 aliphatic rings. The highest BCUT2D eigenvalue weighted by Crippen LogP contribution is 2.27. The number of hydrogen-bond acceptors (Lipinski definition) is 2. The zero-order valence-corrected chi connectivity index (χ0v) is 12.4. The molecule has 0 radical (unpaired) electrons. The van der Waals surface area contributed by atoms with Crippen molar-refractivity contribution in [1.82, 2.24) is 4.90 Å². The Hall–Kier alpha value is -0.0800.